The number of nitrogens with one attached hydrogen (secondary N) is 1. The largest absolute Gasteiger partial charge is 0.314 e. The van der Waals surface area contributed by atoms with Gasteiger partial charge in [-0.3, -0.25) is 0 Å². The van der Waals surface area contributed by atoms with E-state index in [1.165, 1.54) is 45.4 Å². The van der Waals surface area contributed by atoms with Gasteiger partial charge >= 0.3 is 0 Å². The van der Waals surface area contributed by atoms with Gasteiger partial charge in [-0.05, 0) is 57.7 Å². The highest BCUT2D eigenvalue weighted by Crippen LogP contribution is 2.21. The van der Waals surface area contributed by atoms with E-state index in [9.17, 15) is 0 Å². The zero-order valence-corrected chi connectivity index (χ0v) is 9.63. The number of piperidine rings is 1. The molecule has 0 radical (unpaired) electrons. The topological polar surface area (TPSA) is 15.3 Å². The quantitative estimate of drug-likeness (QED) is 0.723. The normalized spacial score (nSPS) is 36.4. The molecule has 0 amide bonds. The molecule has 0 spiro atoms. The second kappa shape index (κ2) is 4.63. The van der Waals surface area contributed by atoms with Gasteiger partial charge in [0.2, 0.25) is 0 Å². The average Bonchev–Trinajstić information content (AvgIpc) is 2.56. The molecule has 14 heavy (non-hydrogen) atoms. The zero-order chi connectivity index (χ0) is 9.97. The molecular formula is C12H24N2. The Hall–Kier alpha value is -0.0800. The molecule has 2 aliphatic heterocycles. The molecule has 0 aliphatic carbocycles. The van der Waals surface area contributed by atoms with Gasteiger partial charge in [0.1, 0.15) is 0 Å². The van der Waals surface area contributed by atoms with Crippen molar-refractivity contribution >= 4 is 0 Å². The Balaban J connectivity index is 1.74. The summed E-state index contributed by atoms with van der Waals surface area (Å²) in [7, 11) is 0. The number of nitrogens with zero attached hydrogens (tertiary/aromatic N) is 1. The first-order chi connectivity index (χ1) is 6.75. The third-order valence-corrected chi connectivity index (χ3v) is 4.06. The molecule has 0 bridgehead atoms. The molecule has 2 nitrogen and oxygen atoms in total. The van der Waals surface area contributed by atoms with Crippen molar-refractivity contribution in [2.24, 2.45) is 11.8 Å². The average molecular weight is 196 g/mol. The fourth-order valence-corrected chi connectivity index (χ4v) is 2.74. The van der Waals surface area contributed by atoms with Crippen LogP contribution in [0.15, 0.2) is 0 Å². The third kappa shape index (κ3) is 2.48. The van der Waals surface area contributed by atoms with Crippen LogP contribution in [-0.4, -0.2) is 37.1 Å². The smallest absolute Gasteiger partial charge is 0.00796 e. The van der Waals surface area contributed by atoms with E-state index in [2.05, 4.69) is 24.1 Å². The molecule has 2 fully saturated rings. The van der Waals surface area contributed by atoms with Gasteiger partial charge in [-0.2, -0.15) is 0 Å². The van der Waals surface area contributed by atoms with E-state index >= 15 is 0 Å². The molecule has 2 atom stereocenters. The minimum Gasteiger partial charge on any atom is -0.314 e. The molecule has 2 unspecified atom stereocenters. The van der Waals surface area contributed by atoms with Gasteiger partial charge in [-0.15, -0.1) is 0 Å². The lowest BCUT2D eigenvalue weighted by atomic mass is 9.96. The van der Waals surface area contributed by atoms with Crippen molar-refractivity contribution < 1.29 is 0 Å². The van der Waals surface area contributed by atoms with Crippen LogP contribution in [-0.2, 0) is 0 Å². The van der Waals surface area contributed by atoms with E-state index in [-0.39, 0.29) is 0 Å². The maximum absolute atomic E-state index is 3.54. The van der Waals surface area contributed by atoms with Crippen LogP contribution in [0.25, 0.3) is 0 Å². The number of rotatable bonds is 2. The second-order valence-corrected chi connectivity index (χ2v) is 5.27. The maximum Gasteiger partial charge on any atom is 0.00796 e. The van der Waals surface area contributed by atoms with Crippen molar-refractivity contribution in [3.8, 4) is 0 Å². The van der Waals surface area contributed by atoms with Crippen LogP contribution in [0.3, 0.4) is 0 Å². The molecule has 2 aliphatic rings. The molecule has 0 aromatic rings. The van der Waals surface area contributed by atoms with Gasteiger partial charge in [0, 0.05) is 12.6 Å². The zero-order valence-electron chi connectivity index (χ0n) is 9.63. The Bertz CT molecular complexity index is 173. The predicted molar refractivity (Wildman–Crippen MR) is 60.4 cm³/mol. The maximum atomic E-state index is 3.54. The summed E-state index contributed by atoms with van der Waals surface area (Å²) in [6, 6.07) is 0.745. The highest BCUT2D eigenvalue weighted by atomic mass is 15.1. The lowest BCUT2D eigenvalue weighted by Gasteiger charge is -2.32. The molecule has 2 heterocycles. The van der Waals surface area contributed by atoms with Gasteiger partial charge in [-0.1, -0.05) is 6.92 Å². The minimum absolute atomic E-state index is 0.745. The molecular weight excluding hydrogens is 172 g/mol. The van der Waals surface area contributed by atoms with Crippen LogP contribution in [0, 0.1) is 11.8 Å². The third-order valence-electron chi connectivity index (χ3n) is 4.06. The van der Waals surface area contributed by atoms with Gasteiger partial charge in [0.15, 0.2) is 0 Å². The molecule has 82 valence electrons. The summed E-state index contributed by atoms with van der Waals surface area (Å²) in [5, 5.41) is 3.54. The summed E-state index contributed by atoms with van der Waals surface area (Å²) in [6.07, 6.45) is 4.20. The van der Waals surface area contributed by atoms with E-state index in [0.717, 1.165) is 17.9 Å². The van der Waals surface area contributed by atoms with Crippen molar-refractivity contribution in [1.82, 2.24) is 10.2 Å². The molecule has 0 saturated carbocycles. The van der Waals surface area contributed by atoms with Crippen molar-refractivity contribution in [2.45, 2.75) is 39.2 Å². The lowest BCUT2D eigenvalue weighted by molar-refractivity contribution is 0.163. The Morgan fingerprint density at radius 3 is 2.43 bits per heavy atom. The van der Waals surface area contributed by atoms with Crippen LogP contribution in [0.1, 0.15) is 33.1 Å². The van der Waals surface area contributed by atoms with E-state index in [1.54, 1.807) is 0 Å². The molecule has 2 saturated heterocycles. The Morgan fingerprint density at radius 1 is 1.14 bits per heavy atom. The fourth-order valence-electron chi connectivity index (χ4n) is 2.74. The number of hydrogen-bond donors (Lipinski definition) is 1. The van der Waals surface area contributed by atoms with E-state index < -0.39 is 0 Å². The Kier molecular flexibility index (Phi) is 3.45. The fraction of sp³-hybridized carbons (Fsp3) is 1.00. The number of likely N-dealkylation sites (tertiary alicyclic amines) is 1. The molecule has 0 aromatic heterocycles. The molecule has 0 aromatic carbocycles. The van der Waals surface area contributed by atoms with Crippen molar-refractivity contribution in [3.63, 3.8) is 0 Å². The van der Waals surface area contributed by atoms with Gasteiger partial charge in [0.05, 0.1) is 0 Å². The summed E-state index contributed by atoms with van der Waals surface area (Å²) >= 11 is 0. The monoisotopic (exact) mass is 196 g/mol. The van der Waals surface area contributed by atoms with Crippen LogP contribution >= 0.6 is 0 Å². The standard InChI is InChI=1S/C12H24N2/c1-10-4-7-14(8-5-10)9-12-3-6-13-11(12)2/h10-13H,3-9H2,1-2H3. The summed E-state index contributed by atoms with van der Waals surface area (Å²) in [5.41, 5.74) is 0. The predicted octanol–water partition coefficient (Wildman–Crippen LogP) is 1.72. The SMILES string of the molecule is CC1CCN(CC2CCNC2C)CC1. The summed E-state index contributed by atoms with van der Waals surface area (Å²) in [6.45, 7) is 9.97. The minimum atomic E-state index is 0.745. The molecule has 2 rings (SSSR count). The van der Waals surface area contributed by atoms with E-state index in [4.69, 9.17) is 0 Å². The first-order valence-electron chi connectivity index (χ1n) is 6.21. The van der Waals surface area contributed by atoms with Gasteiger partial charge < -0.3 is 10.2 Å². The van der Waals surface area contributed by atoms with Crippen LogP contribution < -0.4 is 5.32 Å². The van der Waals surface area contributed by atoms with Crippen LogP contribution in [0.5, 0.6) is 0 Å². The van der Waals surface area contributed by atoms with Crippen LogP contribution in [0.2, 0.25) is 0 Å². The summed E-state index contributed by atoms with van der Waals surface area (Å²) < 4.78 is 0. The highest BCUT2D eigenvalue weighted by Gasteiger charge is 2.26. The van der Waals surface area contributed by atoms with Gasteiger partial charge in [-0.25, -0.2) is 0 Å². The van der Waals surface area contributed by atoms with Crippen molar-refractivity contribution in [2.75, 3.05) is 26.2 Å². The van der Waals surface area contributed by atoms with Gasteiger partial charge in [0.25, 0.3) is 0 Å². The van der Waals surface area contributed by atoms with Crippen LogP contribution in [0.4, 0.5) is 0 Å². The second-order valence-electron chi connectivity index (χ2n) is 5.27. The van der Waals surface area contributed by atoms with E-state index in [1.807, 2.05) is 0 Å². The first-order valence-corrected chi connectivity index (χ1v) is 6.21. The van der Waals surface area contributed by atoms with E-state index in [0.29, 0.717) is 0 Å². The number of hydrogen-bond acceptors (Lipinski definition) is 2. The summed E-state index contributed by atoms with van der Waals surface area (Å²) in [5.74, 6) is 1.87. The van der Waals surface area contributed by atoms with Crippen molar-refractivity contribution in [1.29, 1.82) is 0 Å². The Morgan fingerprint density at radius 2 is 1.86 bits per heavy atom. The summed E-state index contributed by atoms with van der Waals surface area (Å²) in [4.78, 5) is 2.67. The first kappa shape index (κ1) is 10.4. The molecule has 2 heteroatoms. The Labute approximate surface area is 88.1 Å². The highest BCUT2D eigenvalue weighted by molar-refractivity contribution is 4.83. The molecule has 1 N–H and O–H groups in total. The lowest BCUT2D eigenvalue weighted by Crippen LogP contribution is -2.39. The van der Waals surface area contributed by atoms with Crippen molar-refractivity contribution in [3.05, 3.63) is 0 Å².